The van der Waals surface area contributed by atoms with Crippen molar-refractivity contribution in [2.75, 3.05) is 7.11 Å². The standard InChI is InChI=1S/C26H28N4O4/c1-16(2)13-29-25(32)23-24(30(26(29)33)21-10-9-17(3)11-18(21)4)27-15-28(23)14-22(31)19-7-6-8-20(12-19)34-5/h6-12,15-16H,13-14H2,1-5H3. The molecule has 0 saturated heterocycles. The number of ketones is 1. The molecule has 2 aromatic heterocycles. The van der Waals surface area contributed by atoms with Gasteiger partial charge in [-0.3, -0.25) is 14.2 Å². The third-order valence-corrected chi connectivity index (χ3v) is 5.75. The molecular formula is C26H28N4O4. The Hall–Kier alpha value is -3.94. The smallest absolute Gasteiger partial charge is 0.337 e. The van der Waals surface area contributed by atoms with Gasteiger partial charge in [-0.25, -0.2) is 14.3 Å². The molecule has 0 aliphatic heterocycles. The fourth-order valence-corrected chi connectivity index (χ4v) is 4.14. The highest BCUT2D eigenvalue weighted by Crippen LogP contribution is 2.19. The number of hydrogen-bond acceptors (Lipinski definition) is 5. The second-order valence-corrected chi connectivity index (χ2v) is 8.92. The van der Waals surface area contributed by atoms with Crippen LogP contribution in [0.2, 0.25) is 0 Å². The molecule has 0 spiro atoms. The summed E-state index contributed by atoms with van der Waals surface area (Å²) in [6.45, 7) is 7.96. The summed E-state index contributed by atoms with van der Waals surface area (Å²) >= 11 is 0. The number of aryl methyl sites for hydroxylation is 2. The van der Waals surface area contributed by atoms with Crippen molar-refractivity contribution in [3.8, 4) is 11.4 Å². The summed E-state index contributed by atoms with van der Waals surface area (Å²) in [7, 11) is 1.54. The molecule has 4 rings (SSSR count). The highest BCUT2D eigenvalue weighted by Gasteiger charge is 2.22. The normalized spacial score (nSPS) is 11.4. The van der Waals surface area contributed by atoms with Gasteiger partial charge in [0.25, 0.3) is 5.56 Å². The van der Waals surface area contributed by atoms with Crippen molar-refractivity contribution in [1.29, 1.82) is 0 Å². The fraction of sp³-hybridized carbons (Fsp3) is 0.308. The molecule has 0 radical (unpaired) electrons. The first-order chi connectivity index (χ1) is 16.2. The number of rotatable bonds is 7. The second-order valence-electron chi connectivity index (χ2n) is 8.92. The molecule has 0 atom stereocenters. The van der Waals surface area contributed by atoms with Crippen LogP contribution < -0.4 is 16.0 Å². The Morgan fingerprint density at radius 2 is 1.85 bits per heavy atom. The maximum absolute atomic E-state index is 13.5. The number of methoxy groups -OCH3 is 1. The van der Waals surface area contributed by atoms with Gasteiger partial charge in [-0.2, -0.15) is 0 Å². The third-order valence-electron chi connectivity index (χ3n) is 5.75. The minimum Gasteiger partial charge on any atom is -0.497 e. The Labute approximate surface area is 197 Å². The monoisotopic (exact) mass is 460 g/mol. The molecule has 34 heavy (non-hydrogen) atoms. The molecule has 176 valence electrons. The lowest BCUT2D eigenvalue weighted by Gasteiger charge is -2.15. The van der Waals surface area contributed by atoms with E-state index in [4.69, 9.17) is 4.74 Å². The Balaban J connectivity index is 1.93. The van der Waals surface area contributed by atoms with Crippen LogP contribution in [-0.4, -0.2) is 31.6 Å². The van der Waals surface area contributed by atoms with Gasteiger partial charge in [-0.05, 0) is 43.5 Å². The summed E-state index contributed by atoms with van der Waals surface area (Å²) in [6, 6.07) is 12.6. The van der Waals surface area contributed by atoms with E-state index in [2.05, 4.69) is 4.98 Å². The number of benzene rings is 2. The van der Waals surface area contributed by atoms with Crippen molar-refractivity contribution in [2.24, 2.45) is 5.92 Å². The highest BCUT2D eigenvalue weighted by atomic mass is 16.5. The minimum absolute atomic E-state index is 0.0743. The molecule has 0 unspecified atom stereocenters. The van der Waals surface area contributed by atoms with Crippen LogP contribution in [0.25, 0.3) is 16.9 Å². The van der Waals surface area contributed by atoms with Gasteiger partial charge in [0.2, 0.25) is 0 Å². The van der Waals surface area contributed by atoms with Crippen LogP contribution in [0.3, 0.4) is 0 Å². The Bertz CT molecular complexity index is 1510. The average molecular weight is 461 g/mol. The quantitative estimate of drug-likeness (QED) is 0.394. The molecule has 4 aromatic rings. The van der Waals surface area contributed by atoms with Crippen LogP contribution >= 0.6 is 0 Å². The van der Waals surface area contributed by atoms with Gasteiger partial charge in [0.1, 0.15) is 5.75 Å². The number of fused-ring (bicyclic) bond motifs is 1. The first-order valence-electron chi connectivity index (χ1n) is 11.2. The van der Waals surface area contributed by atoms with E-state index in [1.807, 2.05) is 45.9 Å². The van der Waals surface area contributed by atoms with Crippen molar-refractivity contribution in [3.63, 3.8) is 0 Å². The van der Waals surface area contributed by atoms with Crippen LogP contribution in [0.5, 0.6) is 5.75 Å². The van der Waals surface area contributed by atoms with Gasteiger partial charge in [-0.15, -0.1) is 0 Å². The number of aromatic nitrogens is 4. The Morgan fingerprint density at radius 3 is 2.53 bits per heavy atom. The largest absolute Gasteiger partial charge is 0.497 e. The third kappa shape index (κ3) is 4.19. The SMILES string of the molecule is COc1cccc(C(=O)Cn2cnc3c2c(=O)n(CC(C)C)c(=O)n3-c2ccc(C)cc2C)c1. The van der Waals surface area contributed by atoms with E-state index in [0.717, 1.165) is 11.1 Å². The van der Waals surface area contributed by atoms with Crippen LogP contribution in [0.15, 0.2) is 58.4 Å². The number of nitrogens with zero attached hydrogens (tertiary/aromatic N) is 4. The first-order valence-corrected chi connectivity index (χ1v) is 11.2. The lowest BCUT2D eigenvalue weighted by atomic mass is 10.1. The summed E-state index contributed by atoms with van der Waals surface area (Å²) in [5.74, 6) is 0.451. The molecule has 0 aliphatic rings. The van der Waals surface area contributed by atoms with E-state index in [1.54, 1.807) is 24.3 Å². The van der Waals surface area contributed by atoms with Crippen molar-refractivity contribution >= 4 is 16.9 Å². The number of hydrogen-bond donors (Lipinski definition) is 0. The molecule has 0 fully saturated rings. The molecule has 0 bridgehead atoms. The van der Waals surface area contributed by atoms with Crippen molar-refractivity contribution < 1.29 is 9.53 Å². The summed E-state index contributed by atoms with van der Waals surface area (Å²) in [5.41, 5.74) is 2.63. The van der Waals surface area contributed by atoms with Crippen molar-refractivity contribution in [1.82, 2.24) is 18.7 Å². The van der Waals surface area contributed by atoms with Crippen LogP contribution in [0, 0.1) is 19.8 Å². The molecule has 2 aromatic carbocycles. The van der Waals surface area contributed by atoms with E-state index in [0.29, 0.717) is 17.0 Å². The summed E-state index contributed by atoms with van der Waals surface area (Å²) in [4.78, 5) is 44.4. The molecule has 0 saturated carbocycles. The topological polar surface area (TPSA) is 88.1 Å². The maximum Gasteiger partial charge on any atom is 0.337 e. The number of imidazole rings is 1. The molecule has 0 amide bonds. The number of carbonyl (C=O) groups excluding carboxylic acids is 1. The summed E-state index contributed by atoms with van der Waals surface area (Å²) in [6.07, 6.45) is 1.45. The van der Waals surface area contributed by atoms with Crippen molar-refractivity contribution in [2.45, 2.75) is 40.8 Å². The zero-order valence-electron chi connectivity index (χ0n) is 20.0. The average Bonchev–Trinajstić information content (AvgIpc) is 3.21. The Morgan fingerprint density at radius 1 is 1.09 bits per heavy atom. The predicted molar refractivity (Wildman–Crippen MR) is 131 cm³/mol. The zero-order valence-corrected chi connectivity index (χ0v) is 20.0. The van der Waals surface area contributed by atoms with Crippen LogP contribution in [-0.2, 0) is 13.1 Å². The highest BCUT2D eigenvalue weighted by molar-refractivity contribution is 5.96. The zero-order chi connectivity index (χ0) is 24.6. The Kier molecular flexibility index (Phi) is 6.24. The molecule has 0 N–H and O–H groups in total. The van der Waals surface area contributed by atoms with E-state index in [1.165, 1.54) is 27.1 Å². The number of Topliss-reactive ketones (excluding diaryl/α,β-unsaturated/α-hetero) is 1. The number of ether oxygens (including phenoxy) is 1. The second kappa shape index (κ2) is 9.13. The van der Waals surface area contributed by atoms with Gasteiger partial charge in [-0.1, -0.05) is 43.7 Å². The summed E-state index contributed by atoms with van der Waals surface area (Å²) in [5, 5.41) is 0. The van der Waals surface area contributed by atoms with Gasteiger partial charge in [0.05, 0.1) is 25.7 Å². The van der Waals surface area contributed by atoms with E-state index < -0.39 is 11.2 Å². The van der Waals surface area contributed by atoms with E-state index in [9.17, 15) is 14.4 Å². The first kappa shape index (κ1) is 23.2. The minimum atomic E-state index is -0.453. The molecule has 2 heterocycles. The van der Waals surface area contributed by atoms with Gasteiger partial charge in [0, 0.05) is 12.1 Å². The van der Waals surface area contributed by atoms with Crippen LogP contribution in [0.4, 0.5) is 0 Å². The fourth-order valence-electron chi connectivity index (χ4n) is 4.14. The van der Waals surface area contributed by atoms with Crippen LogP contribution in [0.1, 0.15) is 35.3 Å². The number of carbonyl (C=O) groups is 1. The predicted octanol–water partition coefficient (Wildman–Crippen LogP) is 3.51. The molecule has 8 heteroatoms. The van der Waals surface area contributed by atoms with Gasteiger partial charge in [0.15, 0.2) is 16.9 Å². The molecule has 0 aliphatic carbocycles. The molecular weight excluding hydrogens is 432 g/mol. The van der Waals surface area contributed by atoms with Gasteiger partial charge < -0.3 is 9.30 Å². The lowest BCUT2D eigenvalue weighted by molar-refractivity contribution is 0.0973. The maximum atomic E-state index is 13.5. The van der Waals surface area contributed by atoms with Crippen molar-refractivity contribution in [3.05, 3.63) is 86.3 Å². The summed E-state index contributed by atoms with van der Waals surface area (Å²) < 4.78 is 9.45. The van der Waals surface area contributed by atoms with E-state index in [-0.39, 0.29) is 36.0 Å². The van der Waals surface area contributed by atoms with Gasteiger partial charge >= 0.3 is 5.69 Å². The molecule has 8 nitrogen and oxygen atoms in total. The lowest BCUT2D eigenvalue weighted by Crippen LogP contribution is -2.41. The van der Waals surface area contributed by atoms with E-state index >= 15 is 0 Å².